The lowest BCUT2D eigenvalue weighted by atomic mass is 10.2. The van der Waals surface area contributed by atoms with Crippen LogP contribution in [0, 0.1) is 0 Å². The molecule has 6 heteroatoms. The molecule has 0 spiro atoms. The summed E-state index contributed by atoms with van der Waals surface area (Å²) in [5, 5.41) is 3.56. The predicted octanol–water partition coefficient (Wildman–Crippen LogP) is 2.09. The van der Waals surface area contributed by atoms with Crippen LogP contribution in [-0.4, -0.2) is 45.0 Å². The van der Waals surface area contributed by atoms with Crippen LogP contribution in [-0.2, 0) is 16.6 Å². The number of likely N-dealkylation sites (N-methyl/N-ethyl adjacent to an activating group) is 1. The first-order chi connectivity index (χ1) is 11.6. The average Bonchev–Trinajstić information content (AvgIpc) is 3.24. The van der Waals surface area contributed by atoms with Gasteiger partial charge in [0.25, 0.3) is 0 Å². The predicted molar refractivity (Wildman–Crippen MR) is 96.4 cm³/mol. The minimum absolute atomic E-state index is 0.0265. The van der Waals surface area contributed by atoms with Crippen LogP contribution in [0.25, 0.3) is 0 Å². The molecule has 1 aliphatic carbocycles. The summed E-state index contributed by atoms with van der Waals surface area (Å²) in [5.41, 5.74) is 1.14. The number of likely N-dealkylation sites (tertiary alicyclic amines) is 1. The second kappa shape index (κ2) is 7.95. The summed E-state index contributed by atoms with van der Waals surface area (Å²) in [6, 6.07) is 7.94. The minimum atomic E-state index is -3.42. The lowest BCUT2D eigenvalue weighted by Crippen LogP contribution is -2.37. The number of sulfonamides is 1. The second-order valence-electron chi connectivity index (χ2n) is 7.01. The molecule has 1 unspecified atom stereocenters. The molecule has 134 valence electrons. The van der Waals surface area contributed by atoms with E-state index in [-0.39, 0.29) is 6.04 Å². The number of nitrogens with zero attached hydrogens (tertiary/aromatic N) is 1. The third-order valence-corrected chi connectivity index (χ3v) is 6.76. The van der Waals surface area contributed by atoms with Crippen LogP contribution >= 0.6 is 0 Å². The summed E-state index contributed by atoms with van der Waals surface area (Å²) in [6.45, 7) is 5.66. The molecule has 1 aliphatic heterocycles. The van der Waals surface area contributed by atoms with E-state index in [1.54, 1.807) is 12.1 Å². The molecule has 1 saturated heterocycles. The fourth-order valence-corrected chi connectivity index (χ4v) is 4.94. The Morgan fingerprint density at radius 2 is 1.79 bits per heavy atom. The van der Waals surface area contributed by atoms with Crippen molar-refractivity contribution in [3.63, 3.8) is 0 Å². The average molecular weight is 352 g/mol. The Labute approximate surface area is 145 Å². The molecular formula is C18H29N3O2S. The molecule has 1 atom stereocenters. The van der Waals surface area contributed by atoms with Crippen LogP contribution in [0.15, 0.2) is 29.2 Å². The van der Waals surface area contributed by atoms with Crippen molar-refractivity contribution >= 4 is 10.0 Å². The number of benzene rings is 1. The second-order valence-corrected chi connectivity index (χ2v) is 8.72. The third-order valence-electron chi connectivity index (χ3n) is 5.23. The highest BCUT2D eigenvalue weighted by atomic mass is 32.2. The van der Waals surface area contributed by atoms with Crippen LogP contribution < -0.4 is 10.0 Å². The summed E-state index contributed by atoms with van der Waals surface area (Å²) in [5.74, 6) is 0. The number of nitrogens with one attached hydrogen (secondary N) is 2. The molecule has 3 rings (SSSR count). The van der Waals surface area contributed by atoms with E-state index in [4.69, 9.17) is 0 Å². The molecule has 2 aliphatic rings. The smallest absolute Gasteiger partial charge is 0.240 e. The standard InChI is InChI=1S/C18H29N3O2S/c1-2-21-12-11-17(14-21)20-24(22,23)18-9-7-15(8-10-18)13-19-16-5-3-4-6-16/h7-10,16-17,19-20H,2-6,11-14H2,1H3. The van der Waals surface area contributed by atoms with Crippen molar-refractivity contribution in [2.45, 2.75) is 62.6 Å². The van der Waals surface area contributed by atoms with Crippen LogP contribution in [0.1, 0.15) is 44.6 Å². The molecule has 0 aromatic heterocycles. The quantitative estimate of drug-likeness (QED) is 0.790. The van der Waals surface area contributed by atoms with Crippen molar-refractivity contribution in [3.05, 3.63) is 29.8 Å². The molecule has 1 aromatic carbocycles. The maximum absolute atomic E-state index is 12.5. The van der Waals surface area contributed by atoms with E-state index in [9.17, 15) is 8.42 Å². The lowest BCUT2D eigenvalue weighted by molar-refractivity contribution is 0.351. The van der Waals surface area contributed by atoms with Gasteiger partial charge >= 0.3 is 0 Å². The molecule has 0 bridgehead atoms. The van der Waals surface area contributed by atoms with E-state index in [0.29, 0.717) is 10.9 Å². The number of hydrogen-bond acceptors (Lipinski definition) is 4. The van der Waals surface area contributed by atoms with E-state index in [1.807, 2.05) is 12.1 Å². The van der Waals surface area contributed by atoms with Gasteiger partial charge in [0.05, 0.1) is 4.90 Å². The first kappa shape index (κ1) is 17.9. The summed E-state index contributed by atoms with van der Waals surface area (Å²) in [7, 11) is -3.42. The maximum atomic E-state index is 12.5. The fraction of sp³-hybridized carbons (Fsp3) is 0.667. The largest absolute Gasteiger partial charge is 0.310 e. The van der Waals surface area contributed by atoms with Gasteiger partial charge in [-0.25, -0.2) is 13.1 Å². The van der Waals surface area contributed by atoms with E-state index in [0.717, 1.165) is 38.2 Å². The highest BCUT2D eigenvalue weighted by Gasteiger charge is 2.26. The highest BCUT2D eigenvalue weighted by molar-refractivity contribution is 7.89. The molecule has 0 radical (unpaired) electrons. The minimum Gasteiger partial charge on any atom is -0.310 e. The van der Waals surface area contributed by atoms with Gasteiger partial charge in [0.1, 0.15) is 0 Å². The van der Waals surface area contributed by atoms with Gasteiger partial charge in [0.2, 0.25) is 10.0 Å². The number of rotatable bonds is 7. The van der Waals surface area contributed by atoms with E-state index in [1.165, 1.54) is 25.7 Å². The fourth-order valence-electron chi connectivity index (χ4n) is 3.68. The molecule has 2 N–H and O–H groups in total. The Morgan fingerprint density at radius 1 is 1.08 bits per heavy atom. The van der Waals surface area contributed by atoms with Crippen molar-refractivity contribution in [1.29, 1.82) is 0 Å². The zero-order valence-corrected chi connectivity index (χ0v) is 15.3. The van der Waals surface area contributed by atoms with Crippen molar-refractivity contribution in [2.24, 2.45) is 0 Å². The first-order valence-electron chi connectivity index (χ1n) is 9.14. The first-order valence-corrected chi connectivity index (χ1v) is 10.6. The molecular weight excluding hydrogens is 322 g/mol. The van der Waals surface area contributed by atoms with Gasteiger partial charge in [-0.1, -0.05) is 31.9 Å². The van der Waals surface area contributed by atoms with Crippen molar-refractivity contribution in [1.82, 2.24) is 14.9 Å². The summed E-state index contributed by atoms with van der Waals surface area (Å²) < 4.78 is 27.9. The molecule has 1 saturated carbocycles. The van der Waals surface area contributed by atoms with Crippen LogP contribution in [0.3, 0.4) is 0 Å². The summed E-state index contributed by atoms with van der Waals surface area (Å²) >= 11 is 0. The van der Waals surface area contributed by atoms with Gasteiger partial charge < -0.3 is 10.2 Å². The molecule has 24 heavy (non-hydrogen) atoms. The molecule has 1 aromatic rings. The maximum Gasteiger partial charge on any atom is 0.240 e. The van der Waals surface area contributed by atoms with Gasteiger partial charge in [-0.3, -0.25) is 0 Å². The lowest BCUT2D eigenvalue weighted by Gasteiger charge is -2.15. The Hall–Kier alpha value is -0.950. The third kappa shape index (κ3) is 4.57. The Morgan fingerprint density at radius 3 is 2.42 bits per heavy atom. The zero-order valence-electron chi connectivity index (χ0n) is 14.5. The summed E-state index contributed by atoms with van der Waals surface area (Å²) in [6.07, 6.45) is 6.03. The SMILES string of the molecule is CCN1CCC(NS(=O)(=O)c2ccc(CNC3CCCC3)cc2)C1. The Kier molecular flexibility index (Phi) is 5.92. The van der Waals surface area contributed by atoms with Gasteiger partial charge in [-0.15, -0.1) is 0 Å². The monoisotopic (exact) mass is 351 g/mol. The van der Waals surface area contributed by atoms with E-state index < -0.39 is 10.0 Å². The van der Waals surface area contributed by atoms with Gasteiger partial charge in [-0.2, -0.15) is 0 Å². The topological polar surface area (TPSA) is 61.4 Å². The molecule has 1 heterocycles. The normalized spacial score (nSPS) is 23.1. The van der Waals surface area contributed by atoms with Crippen LogP contribution in [0.4, 0.5) is 0 Å². The Balaban J connectivity index is 1.55. The van der Waals surface area contributed by atoms with Gasteiger partial charge in [0, 0.05) is 25.2 Å². The van der Waals surface area contributed by atoms with E-state index in [2.05, 4.69) is 21.9 Å². The summed E-state index contributed by atoms with van der Waals surface area (Å²) in [4.78, 5) is 2.63. The number of hydrogen-bond donors (Lipinski definition) is 2. The zero-order chi connectivity index (χ0) is 17.0. The van der Waals surface area contributed by atoms with Crippen molar-refractivity contribution in [3.8, 4) is 0 Å². The Bertz CT molecular complexity index is 624. The van der Waals surface area contributed by atoms with Gasteiger partial charge in [-0.05, 0) is 50.0 Å². The molecule has 2 fully saturated rings. The van der Waals surface area contributed by atoms with Gasteiger partial charge in [0.15, 0.2) is 0 Å². The van der Waals surface area contributed by atoms with Crippen LogP contribution in [0.2, 0.25) is 0 Å². The molecule has 0 amide bonds. The van der Waals surface area contributed by atoms with E-state index >= 15 is 0 Å². The van der Waals surface area contributed by atoms with Crippen molar-refractivity contribution in [2.75, 3.05) is 19.6 Å². The van der Waals surface area contributed by atoms with Crippen LogP contribution in [0.5, 0.6) is 0 Å². The highest BCUT2D eigenvalue weighted by Crippen LogP contribution is 2.19. The molecule has 5 nitrogen and oxygen atoms in total. The van der Waals surface area contributed by atoms with Crippen molar-refractivity contribution < 1.29 is 8.42 Å².